The second-order valence-corrected chi connectivity index (χ2v) is 8.03. The van der Waals surface area contributed by atoms with Crippen molar-refractivity contribution in [2.75, 3.05) is 12.4 Å². The average Bonchev–Trinajstić information content (AvgIpc) is 3.36. The summed E-state index contributed by atoms with van der Waals surface area (Å²) in [6.45, 7) is 0. The summed E-state index contributed by atoms with van der Waals surface area (Å²) in [6.07, 6.45) is 1.73. The molecule has 1 N–H and O–H groups in total. The van der Waals surface area contributed by atoms with Crippen LogP contribution in [0.25, 0.3) is 11.1 Å². The van der Waals surface area contributed by atoms with Gasteiger partial charge in [-0.2, -0.15) is 0 Å². The predicted octanol–water partition coefficient (Wildman–Crippen LogP) is 3.28. The van der Waals surface area contributed by atoms with Crippen molar-refractivity contribution < 1.29 is 23.9 Å². The fourth-order valence-corrected chi connectivity index (χ4v) is 5.34. The third-order valence-electron chi connectivity index (χ3n) is 6.58. The van der Waals surface area contributed by atoms with Gasteiger partial charge in [0, 0.05) is 11.6 Å². The van der Waals surface area contributed by atoms with Crippen LogP contribution in [0.4, 0.5) is 5.69 Å². The van der Waals surface area contributed by atoms with E-state index in [0.29, 0.717) is 11.3 Å². The Morgan fingerprint density at radius 1 is 1.07 bits per heavy atom. The Hall–Kier alpha value is -3.15. The third kappa shape index (κ3) is 2.82. The van der Waals surface area contributed by atoms with Crippen LogP contribution >= 0.6 is 0 Å². The van der Waals surface area contributed by atoms with Crippen LogP contribution in [0.1, 0.15) is 23.2 Å². The van der Waals surface area contributed by atoms with E-state index in [4.69, 9.17) is 9.47 Å². The Labute approximate surface area is 168 Å². The van der Waals surface area contributed by atoms with Crippen molar-refractivity contribution in [2.24, 2.45) is 23.7 Å². The summed E-state index contributed by atoms with van der Waals surface area (Å²) in [6, 6.07) is 14.6. The fourth-order valence-electron chi connectivity index (χ4n) is 5.34. The standard InChI is InChI=1S/C23H21NO5/c1-28-22(26)16-5-3-2-4-15(16)12-6-8-14(9-7-12)24-21(25)19-13-10-17-18(11-13)29-23(27)20(17)19/h2-9,13,17-20H,10-11H2,1H3,(H,24,25). The minimum Gasteiger partial charge on any atom is -0.465 e. The molecule has 3 aliphatic rings. The molecule has 2 aromatic rings. The van der Waals surface area contributed by atoms with Crippen LogP contribution in [-0.2, 0) is 19.1 Å². The number of carbonyl (C=O) groups excluding carboxylic acids is 3. The molecule has 1 amide bonds. The van der Waals surface area contributed by atoms with Gasteiger partial charge in [-0.1, -0.05) is 30.3 Å². The van der Waals surface area contributed by atoms with Gasteiger partial charge in [-0.05, 0) is 48.1 Å². The van der Waals surface area contributed by atoms with Crippen molar-refractivity contribution in [2.45, 2.75) is 18.9 Å². The monoisotopic (exact) mass is 391 g/mol. The van der Waals surface area contributed by atoms with Crippen molar-refractivity contribution >= 4 is 23.5 Å². The number of methoxy groups -OCH3 is 1. The Morgan fingerprint density at radius 2 is 1.83 bits per heavy atom. The third-order valence-corrected chi connectivity index (χ3v) is 6.58. The van der Waals surface area contributed by atoms with E-state index in [-0.39, 0.29) is 41.7 Å². The molecule has 1 heterocycles. The molecule has 2 aliphatic carbocycles. The predicted molar refractivity (Wildman–Crippen MR) is 105 cm³/mol. The van der Waals surface area contributed by atoms with Crippen LogP contribution in [0, 0.1) is 23.7 Å². The molecule has 0 spiro atoms. The number of benzene rings is 2. The van der Waals surface area contributed by atoms with E-state index in [9.17, 15) is 14.4 Å². The molecule has 0 aromatic heterocycles. The maximum absolute atomic E-state index is 12.9. The first-order valence-electron chi connectivity index (χ1n) is 9.86. The van der Waals surface area contributed by atoms with Gasteiger partial charge in [-0.25, -0.2) is 4.79 Å². The minimum atomic E-state index is -0.393. The van der Waals surface area contributed by atoms with Gasteiger partial charge >= 0.3 is 11.9 Å². The number of hydrogen-bond donors (Lipinski definition) is 1. The molecule has 148 valence electrons. The van der Waals surface area contributed by atoms with Crippen LogP contribution in [0.3, 0.4) is 0 Å². The lowest BCUT2D eigenvalue weighted by molar-refractivity contribution is -0.145. The van der Waals surface area contributed by atoms with E-state index in [2.05, 4.69) is 5.32 Å². The van der Waals surface area contributed by atoms with Gasteiger partial charge in [0.15, 0.2) is 0 Å². The van der Waals surface area contributed by atoms with Gasteiger partial charge in [-0.15, -0.1) is 0 Å². The molecule has 1 aliphatic heterocycles. The van der Waals surface area contributed by atoms with Crippen molar-refractivity contribution in [3.05, 3.63) is 54.1 Å². The van der Waals surface area contributed by atoms with Gasteiger partial charge < -0.3 is 14.8 Å². The lowest BCUT2D eigenvalue weighted by atomic mass is 9.79. The van der Waals surface area contributed by atoms with E-state index in [1.54, 1.807) is 12.1 Å². The number of anilines is 1. The molecule has 1 saturated heterocycles. The number of amides is 1. The Kier molecular flexibility index (Phi) is 4.15. The first-order chi connectivity index (χ1) is 14.1. The van der Waals surface area contributed by atoms with E-state index in [0.717, 1.165) is 24.0 Å². The molecular formula is C23H21NO5. The lowest BCUT2D eigenvalue weighted by Crippen LogP contribution is -2.35. The zero-order valence-electron chi connectivity index (χ0n) is 16.0. The van der Waals surface area contributed by atoms with Crippen molar-refractivity contribution in [3.8, 4) is 11.1 Å². The quantitative estimate of drug-likeness (QED) is 0.809. The van der Waals surface area contributed by atoms with E-state index in [1.807, 2.05) is 36.4 Å². The maximum Gasteiger partial charge on any atom is 0.338 e. The maximum atomic E-state index is 12.9. The van der Waals surface area contributed by atoms with Crippen molar-refractivity contribution in [3.63, 3.8) is 0 Å². The largest absolute Gasteiger partial charge is 0.465 e. The van der Waals surface area contributed by atoms with Crippen molar-refractivity contribution in [1.82, 2.24) is 0 Å². The molecule has 3 fully saturated rings. The molecule has 0 radical (unpaired) electrons. The molecule has 2 bridgehead atoms. The van der Waals surface area contributed by atoms with E-state index < -0.39 is 5.97 Å². The number of ether oxygens (including phenoxy) is 2. The number of carbonyl (C=O) groups is 3. The summed E-state index contributed by atoms with van der Waals surface area (Å²) in [4.78, 5) is 37.0. The zero-order valence-corrected chi connectivity index (χ0v) is 16.0. The highest BCUT2D eigenvalue weighted by atomic mass is 16.6. The second kappa shape index (κ2) is 6.72. The number of fused-ring (bicyclic) bond motifs is 1. The van der Waals surface area contributed by atoms with Crippen molar-refractivity contribution in [1.29, 1.82) is 0 Å². The summed E-state index contributed by atoms with van der Waals surface area (Å²) < 4.78 is 10.3. The number of nitrogens with one attached hydrogen (secondary N) is 1. The van der Waals surface area contributed by atoms with Gasteiger partial charge in [0.1, 0.15) is 6.10 Å². The fraction of sp³-hybridized carbons (Fsp3) is 0.348. The Morgan fingerprint density at radius 3 is 2.59 bits per heavy atom. The van der Waals surface area contributed by atoms with E-state index in [1.165, 1.54) is 7.11 Å². The lowest BCUT2D eigenvalue weighted by Gasteiger charge is -2.23. The summed E-state index contributed by atoms with van der Waals surface area (Å²) >= 11 is 0. The van der Waals surface area contributed by atoms with Gasteiger partial charge in [0.05, 0.1) is 24.5 Å². The molecule has 5 rings (SSSR count). The molecule has 2 saturated carbocycles. The van der Waals surface area contributed by atoms with E-state index >= 15 is 0 Å². The molecule has 29 heavy (non-hydrogen) atoms. The van der Waals surface area contributed by atoms with Crippen LogP contribution in [-0.4, -0.2) is 31.1 Å². The Bertz CT molecular complexity index is 997. The SMILES string of the molecule is COC(=O)c1ccccc1-c1ccc(NC(=O)C2C3CC4OC(=O)C2C4C3)cc1. The first-order valence-corrected chi connectivity index (χ1v) is 9.86. The smallest absolute Gasteiger partial charge is 0.338 e. The number of esters is 2. The van der Waals surface area contributed by atoms with Gasteiger partial charge in [0.2, 0.25) is 5.91 Å². The van der Waals surface area contributed by atoms with Gasteiger partial charge in [0.25, 0.3) is 0 Å². The van der Waals surface area contributed by atoms with Crippen LogP contribution in [0.15, 0.2) is 48.5 Å². The normalized spacial score (nSPS) is 28.9. The molecular weight excluding hydrogens is 370 g/mol. The first kappa shape index (κ1) is 17.9. The van der Waals surface area contributed by atoms with Crippen LogP contribution in [0.2, 0.25) is 0 Å². The summed E-state index contributed by atoms with van der Waals surface area (Å²) in [7, 11) is 1.36. The molecule has 2 aromatic carbocycles. The van der Waals surface area contributed by atoms with Crippen LogP contribution < -0.4 is 5.32 Å². The number of rotatable bonds is 4. The molecule has 6 heteroatoms. The zero-order chi connectivity index (χ0) is 20.1. The van der Waals surface area contributed by atoms with Gasteiger partial charge in [-0.3, -0.25) is 9.59 Å². The number of hydrogen-bond acceptors (Lipinski definition) is 5. The molecule has 6 nitrogen and oxygen atoms in total. The minimum absolute atomic E-state index is 0.0238. The topological polar surface area (TPSA) is 81.7 Å². The molecule has 5 unspecified atom stereocenters. The second-order valence-electron chi connectivity index (χ2n) is 8.03. The highest BCUT2D eigenvalue weighted by Crippen LogP contribution is 2.57. The highest BCUT2D eigenvalue weighted by Gasteiger charge is 2.63. The summed E-state index contributed by atoms with van der Waals surface area (Å²) in [5.74, 6) is -0.863. The average molecular weight is 391 g/mol. The molecule has 5 atom stereocenters. The Balaban J connectivity index is 1.34. The highest BCUT2D eigenvalue weighted by molar-refractivity contribution is 5.98. The summed E-state index contributed by atoms with van der Waals surface area (Å²) in [5.41, 5.74) is 2.78. The van der Waals surface area contributed by atoms with Crippen LogP contribution in [0.5, 0.6) is 0 Å². The summed E-state index contributed by atoms with van der Waals surface area (Å²) in [5, 5.41) is 2.96.